The summed E-state index contributed by atoms with van der Waals surface area (Å²) in [6, 6.07) is 4.03. The normalized spacial score (nSPS) is 19.8. The molecule has 0 fully saturated rings. The van der Waals surface area contributed by atoms with Crippen molar-refractivity contribution >= 4 is 0 Å². The van der Waals surface area contributed by atoms with Crippen LogP contribution in [-0.2, 0) is 5.41 Å². The fourth-order valence-electron chi connectivity index (χ4n) is 2.79. The molecule has 0 saturated carbocycles. The summed E-state index contributed by atoms with van der Waals surface area (Å²) in [4.78, 5) is 0. The number of fused-ring (bicyclic) bond motifs is 1. The number of benzene rings is 1. The first-order valence-electron chi connectivity index (χ1n) is 7.61. The molecule has 0 aromatic heterocycles. The average molecular weight is 278 g/mol. The second-order valence-corrected chi connectivity index (χ2v) is 6.19. The molecule has 0 spiro atoms. The van der Waals surface area contributed by atoms with Crippen LogP contribution < -0.4 is 9.47 Å². The number of rotatable bonds is 6. The van der Waals surface area contributed by atoms with Crippen molar-refractivity contribution in [2.24, 2.45) is 0 Å². The van der Waals surface area contributed by atoms with E-state index in [1.807, 2.05) is 6.07 Å². The van der Waals surface area contributed by atoms with Crippen LogP contribution in [0.5, 0.6) is 11.5 Å². The molecule has 1 atom stereocenters. The quantitative estimate of drug-likeness (QED) is 0.855. The molecule has 0 radical (unpaired) electrons. The summed E-state index contributed by atoms with van der Waals surface area (Å²) >= 11 is 0. The lowest BCUT2D eigenvalue weighted by molar-refractivity contribution is 0.161. The smallest absolute Gasteiger partial charge is 0.161 e. The molecule has 3 nitrogen and oxygen atoms in total. The molecule has 0 unspecified atom stereocenters. The van der Waals surface area contributed by atoms with E-state index in [0.717, 1.165) is 36.3 Å². The summed E-state index contributed by atoms with van der Waals surface area (Å²) in [5.41, 5.74) is 2.16. The van der Waals surface area contributed by atoms with Crippen LogP contribution in [0, 0.1) is 0 Å². The third-order valence-corrected chi connectivity index (χ3v) is 3.83. The number of ether oxygens (including phenoxy) is 2. The molecule has 0 bridgehead atoms. The van der Waals surface area contributed by atoms with Gasteiger partial charge in [-0.2, -0.15) is 0 Å². The highest BCUT2D eigenvalue weighted by atomic mass is 16.5. The van der Waals surface area contributed by atoms with Crippen LogP contribution in [0.25, 0.3) is 0 Å². The Balaban J connectivity index is 2.38. The molecule has 1 N–H and O–H groups in total. The van der Waals surface area contributed by atoms with Gasteiger partial charge in [0.15, 0.2) is 11.5 Å². The Bertz CT molecular complexity index is 466. The highest BCUT2D eigenvalue weighted by Crippen LogP contribution is 2.48. The van der Waals surface area contributed by atoms with Crippen LogP contribution in [0.15, 0.2) is 12.1 Å². The minimum Gasteiger partial charge on any atom is -0.490 e. The van der Waals surface area contributed by atoms with Crippen molar-refractivity contribution in [3.63, 3.8) is 0 Å². The van der Waals surface area contributed by atoms with E-state index < -0.39 is 6.10 Å². The third-order valence-electron chi connectivity index (χ3n) is 3.83. The Kier molecular flexibility index (Phi) is 4.59. The number of hydrogen-bond acceptors (Lipinski definition) is 3. The second-order valence-electron chi connectivity index (χ2n) is 6.19. The van der Waals surface area contributed by atoms with Crippen LogP contribution in [0.1, 0.15) is 64.2 Å². The first kappa shape index (κ1) is 15.2. The van der Waals surface area contributed by atoms with E-state index in [2.05, 4.69) is 33.8 Å². The van der Waals surface area contributed by atoms with Crippen molar-refractivity contribution in [3.8, 4) is 11.5 Å². The van der Waals surface area contributed by atoms with Crippen LogP contribution in [-0.4, -0.2) is 18.3 Å². The van der Waals surface area contributed by atoms with Gasteiger partial charge in [-0.3, -0.25) is 0 Å². The van der Waals surface area contributed by atoms with Gasteiger partial charge in [-0.05, 0) is 47.9 Å². The first-order valence-corrected chi connectivity index (χ1v) is 7.61. The zero-order chi connectivity index (χ0) is 14.8. The minimum atomic E-state index is -0.399. The highest BCUT2D eigenvalue weighted by Gasteiger charge is 2.37. The fourth-order valence-corrected chi connectivity index (χ4v) is 2.79. The summed E-state index contributed by atoms with van der Waals surface area (Å²) in [5.74, 6) is 1.57. The van der Waals surface area contributed by atoms with Gasteiger partial charge in [-0.15, -0.1) is 0 Å². The second kappa shape index (κ2) is 6.04. The maximum absolute atomic E-state index is 10.2. The van der Waals surface area contributed by atoms with E-state index in [9.17, 15) is 5.11 Å². The van der Waals surface area contributed by atoms with Gasteiger partial charge in [0.2, 0.25) is 0 Å². The molecule has 0 saturated heterocycles. The topological polar surface area (TPSA) is 38.7 Å². The van der Waals surface area contributed by atoms with E-state index in [0.29, 0.717) is 13.2 Å². The predicted octanol–water partition coefficient (Wildman–Crippen LogP) is 3.98. The van der Waals surface area contributed by atoms with Crippen molar-refractivity contribution in [1.29, 1.82) is 0 Å². The third kappa shape index (κ3) is 2.93. The van der Waals surface area contributed by atoms with E-state index >= 15 is 0 Å². The summed E-state index contributed by atoms with van der Waals surface area (Å²) in [6.07, 6.45) is 2.28. The largest absolute Gasteiger partial charge is 0.490 e. The maximum Gasteiger partial charge on any atom is 0.161 e. The molecule has 0 amide bonds. The molecule has 1 aromatic carbocycles. The van der Waals surface area contributed by atoms with Crippen molar-refractivity contribution in [2.45, 2.75) is 58.5 Å². The summed E-state index contributed by atoms with van der Waals surface area (Å²) < 4.78 is 11.6. The molecule has 3 heteroatoms. The lowest BCUT2D eigenvalue weighted by Gasteiger charge is -2.20. The van der Waals surface area contributed by atoms with Gasteiger partial charge in [0.1, 0.15) is 0 Å². The van der Waals surface area contributed by atoms with E-state index in [1.54, 1.807) is 0 Å². The molecular formula is C17H26O3. The molecule has 20 heavy (non-hydrogen) atoms. The molecular weight excluding hydrogens is 252 g/mol. The SMILES string of the molecule is CCCOc1cc2c(cc1OCCC)C(C)(C)C[C@@H]2O. The molecule has 1 aliphatic carbocycles. The Morgan fingerprint density at radius 1 is 1.10 bits per heavy atom. The van der Waals surface area contributed by atoms with Crippen LogP contribution >= 0.6 is 0 Å². The maximum atomic E-state index is 10.2. The summed E-state index contributed by atoms with van der Waals surface area (Å²) in [7, 11) is 0. The molecule has 1 aromatic rings. The highest BCUT2D eigenvalue weighted by molar-refractivity contribution is 5.53. The monoisotopic (exact) mass is 278 g/mol. The lowest BCUT2D eigenvalue weighted by Crippen LogP contribution is -2.13. The van der Waals surface area contributed by atoms with Gasteiger partial charge in [-0.1, -0.05) is 27.7 Å². The Labute approximate surface area is 121 Å². The molecule has 1 aliphatic rings. The molecule has 0 heterocycles. The zero-order valence-electron chi connectivity index (χ0n) is 13.0. The average Bonchev–Trinajstić information content (AvgIpc) is 2.63. The van der Waals surface area contributed by atoms with E-state index in [1.165, 1.54) is 5.56 Å². The number of aliphatic hydroxyl groups is 1. The fraction of sp³-hybridized carbons (Fsp3) is 0.647. The van der Waals surface area contributed by atoms with Gasteiger partial charge < -0.3 is 14.6 Å². The molecule has 2 rings (SSSR count). The molecule has 112 valence electrons. The number of aliphatic hydroxyl groups excluding tert-OH is 1. The van der Waals surface area contributed by atoms with Gasteiger partial charge >= 0.3 is 0 Å². The summed E-state index contributed by atoms with van der Waals surface area (Å²) in [5, 5.41) is 10.2. The first-order chi connectivity index (χ1) is 9.49. The van der Waals surface area contributed by atoms with Gasteiger partial charge in [0.25, 0.3) is 0 Å². The predicted molar refractivity (Wildman–Crippen MR) is 80.6 cm³/mol. The van der Waals surface area contributed by atoms with Gasteiger partial charge in [-0.25, -0.2) is 0 Å². The number of hydrogen-bond donors (Lipinski definition) is 1. The van der Waals surface area contributed by atoms with Gasteiger partial charge in [0.05, 0.1) is 19.3 Å². The van der Waals surface area contributed by atoms with Crippen molar-refractivity contribution in [2.75, 3.05) is 13.2 Å². The lowest BCUT2D eigenvalue weighted by atomic mass is 9.86. The zero-order valence-corrected chi connectivity index (χ0v) is 13.0. The van der Waals surface area contributed by atoms with Crippen molar-refractivity contribution < 1.29 is 14.6 Å². The summed E-state index contributed by atoms with van der Waals surface area (Å²) in [6.45, 7) is 9.85. The van der Waals surface area contributed by atoms with Crippen LogP contribution in [0.2, 0.25) is 0 Å². The van der Waals surface area contributed by atoms with Crippen molar-refractivity contribution in [3.05, 3.63) is 23.3 Å². The van der Waals surface area contributed by atoms with E-state index in [-0.39, 0.29) is 5.41 Å². The van der Waals surface area contributed by atoms with E-state index in [4.69, 9.17) is 9.47 Å². The van der Waals surface area contributed by atoms with Gasteiger partial charge in [0, 0.05) is 0 Å². The standard InChI is InChI=1S/C17H26O3/c1-5-7-19-15-9-12-13(10-16(15)20-8-6-2)17(3,4)11-14(12)18/h9-10,14,18H,5-8,11H2,1-4H3/t14-/m0/s1. The van der Waals surface area contributed by atoms with Crippen molar-refractivity contribution in [1.82, 2.24) is 0 Å². The minimum absolute atomic E-state index is 0.0115. The molecule has 0 aliphatic heterocycles. The van der Waals surface area contributed by atoms with Crippen LogP contribution in [0.4, 0.5) is 0 Å². The Hall–Kier alpha value is -1.22. The van der Waals surface area contributed by atoms with Crippen LogP contribution in [0.3, 0.4) is 0 Å². The Morgan fingerprint density at radius 2 is 1.65 bits per heavy atom. The Morgan fingerprint density at radius 3 is 2.20 bits per heavy atom.